The molecule has 4 nitrogen and oxygen atoms in total. The molecule has 0 fully saturated rings. The second-order valence-corrected chi connectivity index (χ2v) is 18.6. The molecule has 6 aromatic carbocycles. The van der Waals surface area contributed by atoms with E-state index < -0.39 is 14.9 Å². The van der Waals surface area contributed by atoms with Crippen LogP contribution in [0, 0.1) is 19.0 Å². The molecule has 0 saturated carbocycles. The van der Waals surface area contributed by atoms with Crippen molar-refractivity contribution in [1.29, 1.82) is 0 Å². The van der Waals surface area contributed by atoms with Gasteiger partial charge in [0.25, 0.3) is 0 Å². The van der Waals surface area contributed by atoms with Crippen molar-refractivity contribution in [1.82, 2.24) is 14.5 Å². The number of imidazole rings is 1. The molecular weight excluding hydrogens is 831 g/mol. The average molecular weight is 871 g/mol. The summed E-state index contributed by atoms with van der Waals surface area (Å²) in [6.45, 7) is 4.76. The van der Waals surface area contributed by atoms with E-state index in [1.54, 1.807) is 12.1 Å². The number of para-hydroxylation sites is 3. The van der Waals surface area contributed by atoms with E-state index in [0.717, 1.165) is 61.3 Å². The van der Waals surface area contributed by atoms with E-state index >= 15 is 0 Å². The first-order valence-electron chi connectivity index (χ1n) is 18.5. The van der Waals surface area contributed by atoms with Crippen LogP contribution in [0.3, 0.4) is 0 Å². The fourth-order valence-corrected chi connectivity index (χ4v) is 7.36. The number of benzene rings is 6. The average Bonchev–Trinajstić information content (AvgIpc) is 3.77. The number of pyridine rings is 1. The number of nitrogens with zero attached hydrogens (tertiary/aromatic N) is 3. The van der Waals surface area contributed by atoms with Crippen molar-refractivity contribution in [2.75, 3.05) is 0 Å². The number of rotatable bonds is 5. The Hall–Kier alpha value is -5.39. The van der Waals surface area contributed by atoms with Crippen LogP contribution in [0.1, 0.15) is 9.68 Å². The largest absolute Gasteiger partial charge is 0.501 e. The zero-order valence-electron chi connectivity index (χ0n) is 32.0. The topological polar surface area (TPSA) is 43.9 Å². The molecule has 0 bridgehead atoms. The monoisotopic (exact) mass is 871 g/mol. The number of hydrogen-bond donors (Lipinski definition) is 0. The first-order chi connectivity index (χ1) is 26.0. The van der Waals surface area contributed by atoms with Crippen molar-refractivity contribution < 1.29 is 28.6 Å². The number of furan rings is 1. The van der Waals surface area contributed by atoms with Crippen LogP contribution in [0.15, 0.2) is 156 Å². The molecule has 257 valence electrons. The molecule has 52 heavy (non-hydrogen) atoms. The van der Waals surface area contributed by atoms with E-state index in [4.69, 9.17) is 13.5 Å². The fraction of sp³-hybridized carbons (Fsp3) is 0.0870. The molecule has 0 aliphatic carbocycles. The summed E-state index contributed by atoms with van der Waals surface area (Å²) in [5.41, 5.74) is 9.89. The van der Waals surface area contributed by atoms with Gasteiger partial charge in [0.15, 0.2) is 0 Å². The molecule has 3 heterocycles. The van der Waals surface area contributed by atoms with E-state index in [2.05, 4.69) is 114 Å². The Labute approximate surface area is 323 Å². The van der Waals surface area contributed by atoms with Gasteiger partial charge in [0.05, 0.1) is 30.5 Å². The van der Waals surface area contributed by atoms with Crippen LogP contribution in [0.2, 0.25) is 19.6 Å². The van der Waals surface area contributed by atoms with Gasteiger partial charge in [0, 0.05) is 41.5 Å². The number of fused-ring (bicyclic) bond motifs is 4. The number of aryl methyl sites for hydroxylation is 1. The normalized spacial score (nSPS) is 12.4. The summed E-state index contributed by atoms with van der Waals surface area (Å²) < 4.78 is 30.6. The van der Waals surface area contributed by atoms with Gasteiger partial charge in [-0.15, -0.1) is 53.6 Å². The Kier molecular flexibility index (Phi) is 8.85. The van der Waals surface area contributed by atoms with Crippen LogP contribution in [-0.4, -0.2) is 22.6 Å². The Morgan fingerprint density at radius 1 is 0.712 bits per heavy atom. The maximum atomic E-state index is 7.35. The quantitative estimate of drug-likeness (QED) is 0.128. The molecule has 0 saturated heterocycles. The van der Waals surface area contributed by atoms with Gasteiger partial charge >= 0.3 is 0 Å². The summed E-state index contributed by atoms with van der Waals surface area (Å²) in [4.78, 5) is 9.50. The van der Waals surface area contributed by atoms with E-state index in [9.17, 15) is 0 Å². The van der Waals surface area contributed by atoms with Crippen LogP contribution in [-0.2, 0) is 20.1 Å². The second-order valence-electron chi connectivity index (χ2n) is 13.5. The number of hydrogen-bond acceptors (Lipinski definition) is 3. The van der Waals surface area contributed by atoms with Crippen LogP contribution < -0.4 is 5.19 Å². The van der Waals surface area contributed by atoms with Gasteiger partial charge in [-0.1, -0.05) is 122 Å². The van der Waals surface area contributed by atoms with Crippen LogP contribution in [0.5, 0.6) is 0 Å². The Balaban J connectivity index is 0.000000191. The second kappa shape index (κ2) is 14.7. The fourth-order valence-electron chi connectivity index (χ4n) is 6.33. The van der Waals surface area contributed by atoms with Gasteiger partial charge in [-0.25, -0.2) is 0 Å². The molecule has 0 unspecified atom stereocenters. The molecule has 0 amide bonds. The number of aromatic nitrogens is 3. The zero-order chi connectivity index (χ0) is 37.5. The van der Waals surface area contributed by atoms with Crippen molar-refractivity contribution in [3.8, 4) is 39.5 Å². The Bertz CT molecular complexity index is 2660. The van der Waals surface area contributed by atoms with Gasteiger partial charge in [-0.05, 0) is 52.3 Å². The minimum Gasteiger partial charge on any atom is -0.501 e. The minimum atomic E-state index is -2.08. The molecule has 9 aromatic rings. The summed E-state index contributed by atoms with van der Waals surface area (Å²) in [6.07, 6.45) is 1.92. The van der Waals surface area contributed by atoms with Gasteiger partial charge in [-0.2, -0.15) is 0 Å². The van der Waals surface area contributed by atoms with E-state index in [-0.39, 0.29) is 20.1 Å². The molecule has 0 spiro atoms. The zero-order valence-corrected chi connectivity index (χ0v) is 32.4. The predicted octanol–water partition coefficient (Wildman–Crippen LogP) is 11.5. The molecule has 9 rings (SSSR count). The first kappa shape index (κ1) is 31.4. The van der Waals surface area contributed by atoms with Crippen LogP contribution >= 0.6 is 0 Å². The molecule has 1 radical (unpaired) electrons. The molecule has 3 aromatic heterocycles. The summed E-state index contributed by atoms with van der Waals surface area (Å²) in [6, 6.07) is 54.9. The molecule has 6 heteroatoms. The predicted molar refractivity (Wildman–Crippen MR) is 214 cm³/mol. The SMILES string of the molecule is [2H]C([2H])([2H])c1c[c-]c(-c2ccc([Si](C)(C)C)cn2)cc1.[Ir].[c-]1ccc2c(oc3ccccc32)c1-c1nc2ccccc2n1-c1ccc(-c2ccccc2)cc1. The summed E-state index contributed by atoms with van der Waals surface area (Å²) in [5.74, 6) is 0.818. The minimum absolute atomic E-state index is 0. The van der Waals surface area contributed by atoms with E-state index in [1.165, 1.54) is 22.4 Å². The molecule has 0 aliphatic rings. The van der Waals surface area contributed by atoms with Crippen molar-refractivity contribution in [2.45, 2.75) is 26.5 Å². The molecule has 0 aliphatic heterocycles. The molecule has 0 atom stereocenters. The molecular formula is C46H37IrN3OSi-2. The Morgan fingerprint density at radius 3 is 2.19 bits per heavy atom. The summed E-state index contributed by atoms with van der Waals surface area (Å²) in [5, 5.41) is 3.48. The third-order valence-electron chi connectivity index (χ3n) is 9.07. The van der Waals surface area contributed by atoms with Crippen molar-refractivity contribution in [3.63, 3.8) is 0 Å². The van der Waals surface area contributed by atoms with E-state index in [0.29, 0.717) is 5.56 Å². The maximum Gasteiger partial charge on any atom is 0.120 e. The van der Waals surface area contributed by atoms with Crippen molar-refractivity contribution in [3.05, 3.63) is 169 Å². The smallest absolute Gasteiger partial charge is 0.120 e. The maximum absolute atomic E-state index is 7.35. The van der Waals surface area contributed by atoms with E-state index in [1.807, 2.05) is 60.8 Å². The van der Waals surface area contributed by atoms with Crippen molar-refractivity contribution >= 4 is 46.2 Å². The van der Waals surface area contributed by atoms with Gasteiger partial charge in [-0.3, -0.25) is 4.98 Å². The standard InChI is InChI=1S/C31H19N2O.C15H18NSi.Ir/c1-2-9-21(10-3-1)22-17-19-23(20-18-22)33-28-15-6-5-14-27(28)32-31(33)26-13-8-12-25-24-11-4-7-16-29(24)34-30(25)26;1-12-5-7-13(8-6-12)15-10-9-14(11-16-15)17(2,3)4;/h1-12,14-20H;5-7,9-11H,1-4H3;/q2*-1;/i;1D3;. The van der Waals surface area contributed by atoms with Gasteiger partial charge in [0.2, 0.25) is 0 Å². The van der Waals surface area contributed by atoms with Gasteiger partial charge in [0.1, 0.15) is 5.58 Å². The van der Waals surface area contributed by atoms with Crippen LogP contribution in [0.25, 0.3) is 72.4 Å². The summed E-state index contributed by atoms with van der Waals surface area (Å²) >= 11 is 0. The first-order valence-corrected chi connectivity index (χ1v) is 20.5. The summed E-state index contributed by atoms with van der Waals surface area (Å²) in [7, 11) is -1.34. The third kappa shape index (κ3) is 6.93. The Morgan fingerprint density at radius 2 is 1.46 bits per heavy atom. The van der Waals surface area contributed by atoms with Crippen molar-refractivity contribution in [2.24, 2.45) is 0 Å². The van der Waals surface area contributed by atoms with Crippen LogP contribution in [0.4, 0.5) is 0 Å². The third-order valence-corrected chi connectivity index (χ3v) is 11.1. The molecule has 0 N–H and O–H groups in total. The van der Waals surface area contributed by atoms with Gasteiger partial charge < -0.3 is 14.0 Å².